The molecule has 3 heteroatoms. The molecule has 15 heavy (non-hydrogen) atoms. The van der Waals surface area contributed by atoms with Crippen LogP contribution in [0.15, 0.2) is 11.6 Å². The maximum Gasteiger partial charge on any atom is 0.242 e. The molecule has 3 nitrogen and oxygen atoms in total. The van der Waals surface area contributed by atoms with Crippen LogP contribution in [0.4, 0.5) is 0 Å². The Balaban J connectivity index is 2.04. The van der Waals surface area contributed by atoms with E-state index in [1.807, 2.05) is 4.90 Å². The van der Waals surface area contributed by atoms with Gasteiger partial charge >= 0.3 is 0 Å². The maximum absolute atomic E-state index is 12.2. The minimum Gasteiger partial charge on any atom is -0.337 e. The van der Waals surface area contributed by atoms with Gasteiger partial charge in [-0.25, -0.2) is 0 Å². The second-order valence-corrected chi connectivity index (χ2v) is 4.93. The maximum atomic E-state index is 12.2. The molecule has 0 spiro atoms. The zero-order chi connectivity index (χ0) is 10.9. The molecule has 0 aromatic carbocycles. The number of nitrogens with two attached hydrogens (primary N) is 1. The van der Waals surface area contributed by atoms with E-state index < -0.39 is 5.54 Å². The minimum absolute atomic E-state index is 0.174. The van der Waals surface area contributed by atoms with E-state index in [0.717, 1.165) is 45.2 Å². The molecule has 0 aromatic heterocycles. The van der Waals surface area contributed by atoms with Crippen molar-refractivity contribution in [2.24, 2.45) is 5.73 Å². The van der Waals surface area contributed by atoms with Crippen LogP contribution in [-0.4, -0.2) is 29.4 Å². The summed E-state index contributed by atoms with van der Waals surface area (Å²) >= 11 is 0. The normalized spacial score (nSPS) is 25.2. The van der Waals surface area contributed by atoms with Gasteiger partial charge in [0.15, 0.2) is 0 Å². The molecule has 0 saturated heterocycles. The van der Waals surface area contributed by atoms with Crippen LogP contribution < -0.4 is 5.73 Å². The molecule has 1 amide bonds. The molecule has 1 fully saturated rings. The molecule has 0 atom stereocenters. The summed E-state index contributed by atoms with van der Waals surface area (Å²) in [6, 6.07) is 0. The van der Waals surface area contributed by atoms with Crippen LogP contribution in [0.1, 0.15) is 39.0 Å². The molecule has 2 rings (SSSR count). The third-order valence-corrected chi connectivity index (χ3v) is 3.54. The smallest absolute Gasteiger partial charge is 0.242 e. The van der Waals surface area contributed by atoms with Gasteiger partial charge in [0.05, 0.1) is 5.54 Å². The van der Waals surface area contributed by atoms with Crippen LogP contribution in [0, 0.1) is 0 Å². The molecule has 0 bridgehead atoms. The third-order valence-electron chi connectivity index (χ3n) is 3.54. The van der Waals surface area contributed by atoms with Crippen molar-refractivity contribution in [2.45, 2.75) is 44.6 Å². The minimum atomic E-state index is -0.544. The standard InChI is InChI=1S/C12H20N2O/c1-10-5-4-8-14(9-10)11(15)12(13)6-2-3-7-12/h5H,2-4,6-9,13H2,1H3. The predicted octanol–water partition coefficient (Wildman–Crippen LogP) is 1.44. The molecular formula is C12H20N2O. The Morgan fingerprint density at radius 2 is 2.13 bits per heavy atom. The lowest BCUT2D eigenvalue weighted by atomic mass is 9.96. The van der Waals surface area contributed by atoms with Gasteiger partial charge in [-0.15, -0.1) is 0 Å². The van der Waals surface area contributed by atoms with E-state index >= 15 is 0 Å². The van der Waals surface area contributed by atoms with Crippen molar-refractivity contribution in [2.75, 3.05) is 13.1 Å². The van der Waals surface area contributed by atoms with Gasteiger partial charge in [0.25, 0.3) is 0 Å². The summed E-state index contributed by atoms with van der Waals surface area (Å²) in [7, 11) is 0. The third kappa shape index (κ3) is 2.07. The molecule has 0 unspecified atom stereocenters. The molecular weight excluding hydrogens is 188 g/mol. The van der Waals surface area contributed by atoms with Crippen molar-refractivity contribution in [1.82, 2.24) is 4.90 Å². The Hall–Kier alpha value is -0.830. The van der Waals surface area contributed by atoms with Gasteiger partial charge in [-0.1, -0.05) is 24.5 Å². The molecule has 0 radical (unpaired) electrons. The topological polar surface area (TPSA) is 46.3 Å². The number of hydrogen-bond donors (Lipinski definition) is 1. The summed E-state index contributed by atoms with van der Waals surface area (Å²) < 4.78 is 0. The van der Waals surface area contributed by atoms with Gasteiger partial charge in [0, 0.05) is 13.1 Å². The van der Waals surface area contributed by atoms with Crippen LogP contribution >= 0.6 is 0 Å². The number of hydrogen-bond acceptors (Lipinski definition) is 2. The molecule has 2 aliphatic rings. The first-order chi connectivity index (χ1) is 7.12. The Labute approximate surface area is 91.3 Å². The van der Waals surface area contributed by atoms with Crippen LogP contribution in [0.2, 0.25) is 0 Å². The van der Waals surface area contributed by atoms with Crippen molar-refractivity contribution in [1.29, 1.82) is 0 Å². The Morgan fingerprint density at radius 3 is 2.73 bits per heavy atom. The van der Waals surface area contributed by atoms with Crippen molar-refractivity contribution in [3.8, 4) is 0 Å². The van der Waals surface area contributed by atoms with Crippen LogP contribution in [0.25, 0.3) is 0 Å². The fourth-order valence-electron chi connectivity index (χ4n) is 2.62. The summed E-state index contributed by atoms with van der Waals surface area (Å²) in [4.78, 5) is 14.2. The highest BCUT2D eigenvalue weighted by Crippen LogP contribution is 2.29. The quantitative estimate of drug-likeness (QED) is 0.663. The number of carbonyl (C=O) groups is 1. The molecule has 0 aromatic rings. The van der Waals surface area contributed by atoms with Gasteiger partial charge in [0.2, 0.25) is 5.91 Å². The van der Waals surface area contributed by atoms with Crippen molar-refractivity contribution < 1.29 is 4.79 Å². The monoisotopic (exact) mass is 208 g/mol. The molecule has 2 N–H and O–H groups in total. The number of amides is 1. The summed E-state index contributed by atoms with van der Waals surface area (Å²) in [6.07, 6.45) is 7.13. The predicted molar refractivity (Wildman–Crippen MR) is 60.3 cm³/mol. The van der Waals surface area contributed by atoms with E-state index in [1.165, 1.54) is 5.57 Å². The lowest BCUT2D eigenvalue weighted by Crippen LogP contribution is -2.54. The average Bonchev–Trinajstić information content (AvgIpc) is 2.65. The van der Waals surface area contributed by atoms with Gasteiger partial charge in [-0.3, -0.25) is 4.79 Å². The zero-order valence-electron chi connectivity index (χ0n) is 9.46. The molecule has 1 heterocycles. The van der Waals surface area contributed by atoms with E-state index in [4.69, 9.17) is 5.73 Å². The molecule has 84 valence electrons. The fourth-order valence-corrected chi connectivity index (χ4v) is 2.62. The second kappa shape index (κ2) is 3.97. The van der Waals surface area contributed by atoms with Crippen molar-refractivity contribution in [3.63, 3.8) is 0 Å². The SMILES string of the molecule is CC1=CCCN(C(=O)C2(N)CCCC2)C1. The molecule has 1 saturated carbocycles. The van der Waals surface area contributed by atoms with E-state index in [1.54, 1.807) is 0 Å². The Morgan fingerprint density at radius 1 is 1.47 bits per heavy atom. The first kappa shape index (κ1) is 10.7. The fraction of sp³-hybridized carbons (Fsp3) is 0.750. The highest BCUT2D eigenvalue weighted by atomic mass is 16.2. The van der Waals surface area contributed by atoms with Gasteiger partial charge in [0.1, 0.15) is 0 Å². The number of carbonyl (C=O) groups excluding carboxylic acids is 1. The first-order valence-corrected chi connectivity index (χ1v) is 5.86. The van der Waals surface area contributed by atoms with Crippen LogP contribution in [0.5, 0.6) is 0 Å². The first-order valence-electron chi connectivity index (χ1n) is 5.86. The lowest BCUT2D eigenvalue weighted by Gasteiger charge is -2.33. The average molecular weight is 208 g/mol. The van der Waals surface area contributed by atoms with Crippen molar-refractivity contribution >= 4 is 5.91 Å². The van der Waals surface area contributed by atoms with Crippen molar-refractivity contribution in [3.05, 3.63) is 11.6 Å². The summed E-state index contributed by atoms with van der Waals surface area (Å²) in [6.45, 7) is 3.70. The zero-order valence-corrected chi connectivity index (χ0v) is 9.46. The van der Waals surface area contributed by atoms with E-state index in [2.05, 4.69) is 13.0 Å². The van der Waals surface area contributed by atoms with E-state index in [9.17, 15) is 4.79 Å². The summed E-state index contributed by atoms with van der Waals surface area (Å²) in [5, 5.41) is 0. The lowest BCUT2D eigenvalue weighted by molar-refractivity contribution is -0.136. The van der Waals surface area contributed by atoms with Crippen LogP contribution in [0.3, 0.4) is 0 Å². The Kier molecular flexibility index (Phi) is 2.83. The highest BCUT2D eigenvalue weighted by molar-refractivity contribution is 5.86. The number of rotatable bonds is 1. The Bertz CT molecular complexity index is 290. The van der Waals surface area contributed by atoms with E-state index in [-0.39, 0.29) is 5.91 Å². The summed E-state index contributed by atoms with van der Waals surface area (Å²) in [5.41, 5.74) is 6.91. The molecule has 1 aliphatic carbocycles. The van der Waals surface area contributed by atoms with Gasteiger partial charge in [-0.05, 0) is 26.2 Å². The van der Waals surface area contributed by atoms with Gasteiger partial charge in [-0.2, -0.15) is 0 Å². The number of nitrogens with zero attached hydrogens (tertiary/aromatic N) is 1. The summed E-state index contributed by atoms with van der Waals surface area (Å²) in [5.74, 6) is 0.174. The highest BCUT2D eigenvalue weighted by Gasteiger charge is 2.39. The van der Waals surface area contributed by atoms with E-state index in [0.29, 0.717) is 0 Å². The van der Waals surface area contributed by atoms with Gasteiger partial charge < -0.3 is 10.6 Å². The largest absolute Gasteiger partial charge is 0.337 e. The second-order valence-electron chi connectivity index (χ2n) is 4.93. The van der Waals surface area contributed by atoms with Crippen LogP contribution in [-0.2, 0) is 4.79 Å². The molecule has 1 aliphatic heterocycles.